The summed E-state index contributed by atoms with van der Waals surface area (Å²) < 4.78 is 5.09. The van der Waals surface area contributed by atoms with Gasteiger partial charge in [0.2, 0.25) is 11.8 Å². The highest BCUT2D eigenvalue weighted by molar-refractivity contribution is 5.88. The minimum absolute atomic E-state index is 0.146. The first kappa shape index (κ1) is 23.0. The molecule has 0 aromatic heterocycles. The Balaban J connectivity index is 1.74. The average Bonchev–Trinajstić information content (AvgIpc) is 2.81. The summed E-state index contributed by atoms with van der Waals surface area (Å²) in [6, 6.07) is 9.48. The topological polar surface area (TPSA) is 119 Å². The molecule has 3 rings (SSSR count). The molecular formula is C22H31N3O6. The van der Waals surface area contributed by atoms with Gasteiger partial charge in [-0.15, -0.1) is 0 Å². The van der Waals surface area contributed by atoms with Gasteiger partial charge in [0.05, 0.1) is 11.8 Å². The van der Waals surface area contributed by atoms with Crippen LogP contribution in [0.2, 0.25) is 0 Å². The highest BCUT2D eigenvalue weighted by atomic mass is 16.5. The molecule has 0 radical (unpaired) electrons. The van der Waals surface area contributed by atoms with Crippen molar-refractivity contribution in [3.05, 3.63) is 35.9 Å². The number of carboxylic acid groups (broad SMARTS) is 1. The number of hydrogen-bond acceptors (Lipinski definition) is 5. The van der Waals surface area contributed by atoms with Crippen LogP contribution in [0.4, 0.5) is 4.79 Å². The van der Waals surface area contributed by atoms with Crippen molar-refractivity contribution in [3.8, 4) is 0 Å². The maximum absolute atomic E-state index is 13.4. The lowest BCUT2D eigenvalue weighted by molar-refractivity contribution is -0.151. The molecule has 3 amide bonds. The van der Waals surface area contributed by atoms with Crippen LogP contribution >= 0.6 is 0 Å². The number of likely N-dealkylation sites (tertiary alicyclic amines) is 2. The molecule has 1 aromatic carbocycles. The fourth-order valence-corrected chi connectivity index (χ4v) is 5.00. The van der Waals surface area contributed by atoms with Crippen molar-refractivity contribution in [1.29, 1.82) is 0 Å². The molecule has 2 aliphatic rings. The maximum Gasteiger partial charge on any atom is 0.407 e. The predicted molar refractivity (Wildman–Crippen MR) is 112 cm³/mol. The van der Waals surface area contributed by atoms with E-state index in [1.807, 2.05) is 18.2 Å². The molecule has 0 bridgehead atoms. The second-order valence-corrected chi connectivity index (χ2v) is 8.23. The van der Waals surface area contributed by atoms with Gasteiger partial charge in [0.25, 0.3) is 0 Å². The first-order valence-corrected chi connectivity index (χ1v) is 10.7. The minimum Gasteiger partial charge on any atom is -0.465 e. The summed E-state index contributed by atoms with van der Waals surface area (Å²) in [5.74, 6) is -2.13. The molecular weight excluding hydrogens is 402 g/mol. The molecule has 3 N–H and O–H groups in total. The van der Waals surface area contributed by atoms with Crippen molar-refractivity contribution in [1.82, 2.24) is 15.3 Å². The van der Waals surface area contributed by atoms with Crippen molar-refractivity contribution < 1.29 is 29.4 Å². The lowest BCUT2D eigenvalue weighted by Gasteiger charge is -2.44. The van der Waals surface area contributed by atoms with Gasteiger partial charge in [0.1, 0.15) is 0 Å². The Kier molecular flexibility index (Phi) is 7.86. The Morgan fingerprint density at radius 3 is 2.35 bits per heavy atom. The molecule has 9 heteroatoms. The van der Waals surface area contributed by atoms with Crippen molar-refractivity contribution in [3.63, 3.8) is 0 Å². The standard InChI is InChI=1S/C22H31N3O6/c1-31-14-10-18-19(20(26)23-30)17(9-13-25(18)22(28)29)21(27)24-11-7-16(8-12-24)15-5-3-2-4-6-15/h2-6,16-19,30H,7-14H2,1H3,(H,23,26)(H,28,29)/t17-,18?,19+/m0/s1. The number of nitrogens with one attached hydrogen (secondary N) is 1. The number of carbonyl (C=O) groups is 3. The first-order valence-electron chi connectivity index (χ1n) is 10.7. The summed E-state index contributed by atoms with van der Waals surface area (Å²) >= 11 is 0. The van der Waals surface area contributed by atoms with Gasteiger partial charge in [-0.25, -0.2) is 10.3 Å². The van der Waals surface area contributed by atoms with Crippen LogP contribution in [0.1, 0.15) is 37.2 Å². The third kappa shape index (κ3) is 5.16. The molecule has 170 valence electrons. The second kappa shape index (κ2) is 10.6. The lowest BCUT2D eigenvalue weighted by atomic mass is 9.76. The normalized spacial score (nSPS) is 24.6. The minimum atomic E-state index is -1.15. The fraction of sp³-hybridized carbons (Fsp3) is 0.591. The van der Waals surface area contributed by atoms with Crippen LogP contribution in [0.3, 0.4) is 0 Å². The fourth-order valence-electron chi connectivity index (χ4n) is 5.00. The second-order valence-electron chi connectivity index (χ2n) is 8.23. The van der Waals surface area contributed by atoms with Crippen LogP contribution in [-0.2, 0) is 14.3 Å². The van der Waals surface area contributed by atoms with Crippen molar-refractivity contribution in [2.24, 2.45) is 11.8 Å². The van der Waals surface area contributed by atoms with Gasteiger partial charge in [0.15, 0.2) is 0 Å². The van der Waals surface area contributed by atoms with E-state index >= 15 is 0 Å². The zero-order valence-corrected chi connectivity index (χ0v) is 17.8. The van der Waals surface area contributed by atoms with E-state index in [4.69, 9.17) is 4.74 Å². The van der Waals surface area contributed by atoms with Crippen molar-refractivity contribution in [2.75, 3.05) is 33.4 Å². The molecule has 0 saturated carbocycles. The van der Waals surface area contributed by atoms with Crippen molar-refractivity contribution >= 4 is 17.9 Å². The van der Waals surface area contributed by atoms with Gasteiger partial charge in [-0.3, -0.25) is 14.8 Å². The number of piperidine rings is 2. The van der Waals surface area contributed by atoms with Gasteiger partial charge in [-0.1, -0.05) is 30.3 Å². The first-order chi connectivity index (χ1) is 15.0. The van der Waals surface area contributed by atoms with E-state index in [9.17, 15) is 24.7 Å². The number of benzene rings is 1. The Bertz CT molecular complexity index is 766. The van der Waals surface area contributed by atoms with E-state index in [0.29, 0.717) is 19.0 Å². The van der Waals surface area contributed by atoms with Gasteiger partial charge in [-0.05, 0) is 37.2 Å². The molecule has 9 nitrogen and oxygen atoms in total. The summed E-state index contributed by atoms with van der Waals surface area (Å²) in [5, 5.41) is 18.9. The Labute approximate surface area is 181 Å². The SMILES string of the molecule is COCCC1[C@H](C(=O)NO)[C@@H](C(=O)N2CCC(c3ccccc3)CC2)CCN1C(=O)O. The van der Waals surface area contributed by atoms with E-state index < -0.39 is 29.9 Å². The summed E-state index contributed by atoms with van der Waals surface area (Å²) in [4.78, 5) is 40.6. The molecule has 1 unspecified atom stereocenters. The van der Waals surface area contributed by atoms with Crippen LogP contribution in [0.15, 0.2) is 30.3 Å². The Hall–Kier alpha value is -2.65. The van der Waals surface area contributed by atoms with Gasteiger partial charge >= 0.3 is 6.09 Å². The third-order valence-electron chi connectivity index (χ3n) is 6.60. The number of amides is 3. The van der Waals surface area contributed by atoms with Gasteiger partial charge in [0, 0.05) is 39.4 Å². The van der Waals surface area contributed by atoms with E-state index in [-0.39, 0.29) is 31.9 Å². The van der Waals surface area contributed by atoms with Crippen molar-refractivity contribution in [2.45, 2.75) is 37.6 Å². The van der Waals surface area contributed by atoms with E-state index in [1.165, 1.54) is 17.6 Å². The molecule has 2 heterocycles. The Morgan fingerprint density at radius 2 is 1.77 bits per heavy atom. The van der Waals surface area contributed by atoms with E-state index in [2.05, 4.69) is 12.1 Å². The number of hydroxylamine groups is 1. The highest BCUT2D eigenvalue weighted by Gasteiger charge is 2.48. The van der Waals surface area contributed by atoms with E-state index in [0.717, 1.165) is 12.8 Å². The predicted octanol–water partition coefficient (Wildman–Crippen LogP) is 1.92. The third-order valence-corrected chi connectivity index (χ3v) is 6.60. The molecule has 1 aromatic rings. The van der Waals surface area contributed by atoms with Crippen LogP contribution in [0.5, 0.6) is 0 Å². The smallest absolute Gasteiger partial charge is 0.407 e. The number of ether oxygens (including phenoxy) is 1. The monoisotopic (exact) mass is 433 g/mol. The largest absolute Gasteiger partial charge is 0.465 e. The quantitative estimate of drug-likeness (QED) is 0.466. The lowest BCUT2D eigenvalue weighted by Crippen LogP contribution is -2.59. The molecule has 2 aliphatic heterocycles. The maximum atomic E-state index is 13.4. The number of hydrogen-bond donors (Lipinski definition) is 3. The number of carbonyl (C=O) groups excluding carboxylic acids is 2. The number of nitrogens with zero attached hydrogens (tertiary/aromatic N) is 2. The molecule has 2 saturated heterocycles. The molecule has 0 aliphatic carbocycles. The zero-order chi connectivity index (χ0) is 22.4. The summed E-state index contributed by atoms with van der Waals surface area (Å²) in [6.07, 6.45) is 1.04. The number of methoxy groups -OCH3 is 1. The molecule has 0 spiro atoms. The van der Waals surface area contributed by atoms with Crippen LogP contribution in [0.25, 0.3) is 0 Å². The number of rotatable bonds is 6. The molecule has 31 heavy (non-hydrogen) atoms. The van der Waals surface area contributed by atoms with Gasteiger partial charge < -0.3 is 19.6 Å². The average molecular weight is 434 g/mol. The van der Waals surface area contributed by atoms with E-state index in [1.54, 1.807) is 10.4 Å². The molecule has 2 fully saturated rings. The summed E-state index contributed by atoms with van der Waals surface area (Å²) in [5.41, 5.74) is 2.91. The van der Waals surface area contributed by atoms with Crippen LogP contribution in [0, 0.1) is 11.8 Å². The van der Waals surface area contributed by atoms with Crippen LogP contribution < -0.4 is 5.48 Å². The van der Waals surface area contributed by atoms with Gasteiger partial charge in [-0.2, -0.15) is 0 Å². The van der Waals surface area contributed by atoms with Crippen LogP contribution in [-0.4, -0.2) is 77.4 Å². The zero-order valence-electron chi connectivity index (χ0n) is 17.8. The molecule has 3 atom stereocenters. The highest BCUT2D eigenvalue weighted by Crippen LogP contribution is 2.35. The summed E-state index contributed by atoms with van der Waals surface area (Å²) in [7, 11) is 1.49. The summed E-state index contributed by atoms with van der Waals surface area (Å²) in [6.45, 7) is 1.59. The Morgan fingerprint density at radius 1 is 1.10 bits per heavy atom.